The second-order valence-electron chi connectivity index (χ2n) is 5.55. The Morgan fingerprint density at radius 1 is 0.560 bits per heavy atom. The third kappa shape index (κ3) is 3.53. The Kier molecular flexibility index (Phi) is 4.16. The van der Waals surface area contributed by atoms with Gasteiger partial charge in [0.25, 0.3) is 0 Å². The van der Waals surface area contributed by atoms with E-state index in [0.717, 1.165) is 34.2 Å². The fourth-order valence-corrected chi connectivity index (χ4v) is 2.56. The standard InChI is InChI=1S/C21H16N4/c1-2-7-16(8-3-1)17-12-13-20(23-15-17)25-21-11-6-10-19(24-21)18-9-4-5-14-22-18/h1-15H,(H,23,24,25). The first-order chi connectivity index (χ1) is 12.4. The van der Waals surface area contributed by atoms with Crippen molar-refractivity contribution in [2.45, 2.75) is 0 Å². The summed E-state index contributed by atoms with van der Waals surface area (Å²) in [4.78, 5) is 13.4. The average Bonchev–Trinajstić information content (AvgIpc) is 2.70. The second kappa shape index (κ2) is 6.93. The van der Waals surface area contributed by atoms with E-state index in [0.29, 0.717) is 0 Å². The van der Waals surface area contributed by atoms with Crippen LogP contribution >= 0.6 is 0 Å². The van der Waals surface area contributed by atoms with E-state index in [2.05, 4.69) is 32.4 Å². The van der Waals surface area contributed by atoms with Gasteiger partial charge >= 0.3 is 0 Å². The van der Waals surface area contributed by atoms with Crippen LogP contribution in [-0.2, 0) is 0 Å². The van der Waals surface area contributed by atoms with Crippen LogP contribution in [0, 0.1) is 0 Å². The van der Waals surface area contributed by atoms with Crippen molar-refractivity contribution >= 4 is 11.6 Å². The van der Waals surface area contributed by atoms with Gasteiger partial charge in [-0.15, -0.1) is 0 Å². The highest BCUT2D eigenvalue weighted by molar-refractivity contribution is 5.65. The maximum Gasteiger partial charge on any atom is 0.132 e. The summed E-state index contributed by atoms with van der Waals surface area (Å²) in [5, 5.41) is 3.24. The SMILES string of the molecule is c1ccc(-c2ccc(Nc3cccc(-c4ccccn4)n3)nc2)cc1. The highest BCUT2D eigenvalue weighted by Crippen LogP contribution is 2.21. The normalized spacial score (nSPS) is 10.4. The van der Waals surface area contributed by atoms with Crippen molar-refractivity contribution in [3.05, 3.63) is 91.3 Å². The zero-order valence-corrected chi connectivity index (χ0v) is 13.5. The van der Waals surface area contributed by atoms with Gasteiger partial charge in [0.1, 0.15) is 11.6 Å². The Hall–Kier alpha value is -3.53. The van der Waals surface area contributed by atoms with Crippen LogP contribution in [0.15, 0.2) is 91.3 Å². The number of anilines is 2. The van der Waals surface area contributed by atoms with Crippen LogP contribution in [-0.4, -0.2) is 15.0 Å². The molecule has 0 saturated heterocycles. The van der Waals surface area contributed by atoms with Crippen molar-refractivity contribution in [3.63, 3.8) is 0 Å². The summed E-state index contributed by atoms with van der Waals surface area (Å²) in [5.74, 6) is 1.49. The number of benzene rings is 1. The van der Waals surface area contributed by atoms with Crippen molar-refractivity contribution in [1.82, 2.24) is 15.0 Å². The number of nitrogens with zero attached hydrogens (tertiary/aromatic N) is 3. The van der Waals surface area contributed by atoms with Gasteiger partial charge in [-0.1, -0.05) is 42.5 Å². The summed E-state index contributed by atoms with van der Waals surface area (Å²) in [6, 6.07) is 25.8. The largest absolute Gasteiger partial charge is 0.325 e. The molecule has 4 aromatic rings. The molecule has 4 heteroatoms. The molecule has 0 atom stereocenters. The van der Waals surface area contributed by atoms with Crippen molar-refractivity contribution in [2.75, 3.05) is 5.32 Å². The van der Waals surface area contributed by atoms with Crippen molar-refractivity contribution in [1.29, 1.82) is 0 Å². The maximum atomic E-state index is 4.61. The van der Waals surface area contributed by atoms with Crippen LogP contribution in [0.3, 0.4) is 0 Å². The van der Waals surface area contributed by atoms with Gasteiger partial charge in [-0.3, -0.25) is 4.98 Å². The molecule has 0 saturated carbocycles. The van der Waals surface area contributed by atoms with Gasteiger partial charge in [0, 0.05) is 18.0 Å². The number of pyridine rings is 3. The molecule has 0 aliphatic heterocycles. The molecule has 1 aromatic carbocycles. The highest BCUT2D eigenvalue weighted by atomic mass is 15.1. The zero-order valence-electron chi connectivity index (χ0n) is 13.5. The van der Waals surface area contributed by atoms with Gasteiger partial charge in [-0.05, 0) is 42.0 Å². The predicted octanol–water partition coefficient (Wildman–Crippen LogP) is 4.95. The summed E-state index contributed by atoms with van der Waals surface area (Å²) in [6.45, 7) is 0. The quantitative estimate of drug-likeness (QED) is 0.577. The third-order valence-electron chi connectivity index (χ3n) is 3.80. The Labute approximate surface area is 146 Å². The van der Waals surface area contributed by atoms with E-state index in [-0.39, 0.29) is 0 Å². The van der Waals surface area contributed by atoms with E-state index < -0.39 is 0 Å². The molecule has 3 heterocycles. The number of hydrogen-bond acceptors (Lipinski definition) is 4. The lowest BCUT2D eigenvalue weighted by Crippen LogP contribution is -1.97. The summed E-state index contributed by atoms with van der Waals surface area (Å²) in [7, 11) is 0. The van der Waals surface area contributed by atoms with E-state index in [1.54, 1.807) is 6.20 Å². The zero-order chi connectivity index (χ0) is 16.9. The molecule has 0 unspecified atom stereocenters. The topological polar surface area (TPSA) is 50.7 Å². The van der Waals surface area contributed by atoms with Crippen LogP contribution in [0.1, 0.15) is 0 Å². The Morgan fingerprint density at radius 3 is 2.16 bits per heavy atom. The number of hydrogen-bond donors (Lipinski definition) is 1. The van der Waals surface area contributed by atoms with Gasteiger partial charge in [0.2, 0.25) is 0 Å². The molecule has 0 aliphatic carbocycles. The lowest BCUT2D eigenvalue weighted by atomic mass is 10.1. The second-order valence-corrected chi connectivity index (χ2v) is 5.55. The molecule has 0 amide bonds. The molecule has 0 fully saturated rings. The Morgan fingerprint density at radius 2 is 1.40 bits per heavy atom. The van der Waals surface area contributed by atoms with E-state index in [4.69, 9.17) is 0 Å². The molecule has 3 aromatic heterocycles. The molecule has 0 aliphatic rings. The highest BCUT2D eigenvalue weighted by Gasteiger charge is 2.03. The van der Waals surface area contributed by atoms with Gasteiger partial charge in [0.15, 0.2) is 0 Å². The van der Waals surface area contributed by atoms with Gasteiger partial charge in [0.05, 0.1) is 11.4 Å². The first kappa shape index (κ1) is 15.0. The van der Waals surface area contributed by atoms with E-state index in [1.165, 1.54) is 0 Å². The summed E-state index contributed by atoms with van der Waals surface area (Å²) in [6.07, 6.45) is 3.63. The molecule has 0 radical (unpaired) electrons. The van der Waals surface area contributed by atoms with Crippen molar-refractivity contribution in [3.8, 4) is 22.5 Å². The number of nitrogens with one attached hydrogen (secondary N) is 1. The average molecular weight is 324 g/mol. The minimum atomic E-state index is 0.739. The number of rotatable bonds is 4. The smallest absolute Gasteiger partial charge is 0.132 e. The first-order valence-corrected chi connectivity index (χ1v) is 8.05. The van der Waals surface area contributed by atoms with Crippen LogP contribution in [0.25, 0.3) is 22.5 Å². The van der Waals surface area contributed by atoms with Crippen molar-refractivity contribution < 1.29 is 0 Å². The molecule has 0 spiro atoms. The van der Waals surface area contributed by atoms with Crippen molar-refractivity contribution in [2.24, 2.45) is 0 Å². The molecule has 4 nitrogen and oxygen atoms in total. The van der Waals surface area contributed by atoms with Crippen LogP contribution in [0.4, 0.5) is 11.6 Å². The molecule has 1 N–H and O–H groups in total. The summed E-state index contributed by atoms with van der Waals surface area (Å²) >= 11 is 0. The van der Waals surface area contributed by atoms with E-state index in [1.807, 2.05) is 72.9 Å². The molecule has 4 rings (SSSR count). The minimum absolute atomic E-state index is 0.739. The molecule has 120 valence electrons. The van der Waals surface area contributed by atoms with Gasteiger partial charge in [-0.2, -0.15) is 0 Å². The molecule has 25 heavy (non-hydrogen) atoms. The van der Waals surface area contributed by atoms with Gasteiger partial charge in [-0.25, -0.2) is 9.97 Å². The molecule has 0 bridgehead atoms. The minimum Gasteiger partial charge on any atom is -0.325 e. The van der Waals surface area contributed by atoms with E-state index in [9.17, 15) is 0 Å². The lowest BCUT2D eigenvalue weighted by molar-refractivity contribution is 1.22. The van der Waals surface area contributed by atoms with Crippen LogP contribution in [0.2, 0.25) is 0 Å². The predicted molar refractivity (Wildman–Crippen MR) is 100 cm³/mol. The summed E-state index contributed by atoms with van der Waals surface area (Å²) < 4.78 is 0. The monoisotopic (exact) mass is 324 g/mol. The third-order valence-corrected chi connectivity index (χ3v) is 3.80. The fourth-order valence-electron chi connectivity index (χ4n) is 2.56. The summed E-state index contributed by atoms with van der Waals surface area (Å²) in [5.41, 5.74) is 3.91. The Bertz CT molecular complexity index is 952. The first-order valence-electron chi connectivity index (χ1n) is 8.05. The molecular weight excluding hydrogens is 308 g/mol. The van der Waals surface area contributed by atoms with Gasteiger partial charge < -0.3 is 5.32 Å². The maximum absolute atomic E-state index is 4.61. The van der Waals surface area contributed by atoms with Crippen LogP contribution in [0.5, 0.6) is 0 Å². The Balaban J connectivity index is 1.55. The number of aromatic nitrogens is 3. The fraction of sp³-hybridized carbons (Fsp3) is 0. The lowest BCUT2D eigenvalue weighted by Gasteiger charge is -2.08. The van der Waals surface area contributed by atoms with E-state index >= 15 is 0 Å². The van der Waals surface area contributed by atoms with Crippen LogP contribution < -0.4 is 5.32 Å². The molecular formula is C21H16N4.